The number of aliphatic hydroxyl groups is 1. The van der Waals surface area contributed by atoms with E-state index in [1.165, 1.54) is 0 Å². The van der Waals surface area contributed by atoms with Crippen molar-refractivity contribution in [3.8, 4) is 0 Å². The quantitative estimate of drug-likeness (QED) is 0.685. The van der Waals surface area contributed by atoms with Crippen molar-refractivity contribution in [3.05, 3.63) is 18.7 Å². The number of imidazole rings is 1. The molecule has 14 heavy (non-hydrogen) atoms. The molecule has 2 N–H and O–H groups in total. The molecule has 1 aromatic rings. The molecule has 1 aromatic heterocycles. The topological polar surface area (TPSA) is 67.2 Å². The number of aliphatic hydroxyl groups excluding tert-OH is 1. The molecule has 0 aliphatic carbocycles. The van der Waals surface area contributed by atoms with Crippen LogP contribution in [0.3, 0.4) is 0 Å². The normalized spacial score (nSPS) is 12.4. The van der Waals surface area contributed by atoms with Gasteiger partial charge in [-0.3, -0.25) is 4.79 Å². The molecule has 1 atom stereocenters. The Kier molecular flexibility index (Phi) is 4.12. The van der Waals surface area contributed by atoms with Gasteiger partial charge in [0, 0.05) is 31.4 Å². The second-order valence-electron chi connectivity index (χ2n) is 3.20. The summed E-state index contributed by atoms with van der Waals surface area (Å²) in [5.41, 5.74) is 0. The summed E-state index contributed by atoms with van der Waals surface area (Å²) in [5, 5.41) is 11.4. The van der Waals surface area contributed by atoms with Crippen molar-refractivity contribution in [1.82, 2.24) is 14.9 Å². The third-order valence-corrected chi connectivity index (χ3v) is 1.84. The molecule has 0 unspecified atom stereocenters. The Labute approximate surface area is 82.8 Å². The number of hydrogen-bond acceptors (Lipinski definition) is 3. The minimum Gasteiger partial charge on any atom is -0.394 e. The van der Waals surface area contributed by atoms with E-state index in [0.29, 0.717) is 13.0 Å². The highest BCUT2D eigenvalue weighted by Crippen LogP contribution is 1.91. The van der Waals surface area contributed by atoms with Crippen LogP contribution in [0.5, 0.6) is 0 Å². The van der Waals surface area contributed by atoms with Gasteiger partial charge in [-0.2, -0.15) is 0 Å². The van der Waals surface area contributed by atoms with E-state index in [2.05, 4.69) is 10.3 Å². The lowest BCUT2D eigenvalue weighted by Gasteiger charge is -2.10. The molecule has 1 rings (SSSR count). The van der Waals surface area contributed by atoms with Crippen molar-refractivity contribution in [2.45, 2.75) is 25.9 Å². The van der Waals surface area contributed by atoms with Gasteiger partial charge in [-0.15, -0.1) is 0 Å². The number of carbonyl (C=O) groups excluding carboxylic acids is 1. The first-order valence-electron chi connectivity index (χ1n) is 4.58. The fourth-order valence-corrected chi connectivity index (χ4v) is 1.04. The number of nitrogens with zero attached hydrogens (tertiary/aromatic N) is 2. The van der Waals surface area contributed by atoms with E-state index in [4.69, 9.17) is 5.11 Å². The molecule has 0 spiro atoms. The molecule has 5 heteroatoms. The first kappa shape index (κ1) is 10.7. The number of aromatic nitrogens is 2. The Morgan fingerprint density at radius 3 is 3.07 bits per heavy atom. The van der Waals surface area contributed by atoms with Crippen LogP contribution >= 0.6 is 0 Å². The molecule has 0 aliphatic rings. The molecule has 0 bridgehead atoms. The molecule has 0 aromatic carbocycles. The molecular weight excluding hydrogens is 182 g/mol. The lowest BCUT2D eigenvalue weighted by atomic mass is 10.3. The predicted molar refractivity (Wildman–Crippen MR) is 51.5 cm³/mol. The van der Waals surface area contributed by atoms with Crippen molar-refractivity contribution in [2.24, 2.45) is 0 Å². The highest BCUT2D eigenvalue weighted by atomic mass is 16.3. The zero-order chi connectivity index (χ0) is 10.4. The van der Waals surface area contributed by atoms with E-state index in [1.54, 1.807) is 19.4 Å². The van der Waals surface area contributed by atoms with Gasteiger partial charge in [-0.25, -0.2) is 4.98 Å². The van der Waals surface area contributed by atoms with Gasteiger partial charge in [-0.05, 0) is 6.92 Å². The number of amides is 1. The zero-order valence-corrected chi connectivity index (χ0v) is 8.18. The molecule has 1 heterocycles. The summed E-state index contributed by atoms with van der Waals surface area (Å²) in [6.45, 7) is 2.34. The average Bonchev–Trinajstić information content (AvgIpc) is 2.67. The molecular formula is C9H15N3O2. The van der Waals surface area contributed by atoms with Gasteiger partial charge in [0.2, 0.25) is 5.91 Å². The number of nitrogens with one attached hydrogen (secondary N) is 1. The summed E-state index contributed by atoms with van der Waals surface area (Å²) in [6, 6.07) is -0.176. The highest BCUT2D eigenvalue weighted by Gasteiger charge is 2.05. The molecule has 1 amide bonds. The molecule has 5 nitrogen and oxygen atoms in total. The Balaban J connectivity index is 2.22. The summed E-state index contributed by atoms with van der Waals surface area (Å²) >= 11 is 0. The minimum absolute atomic E-state index is 0.0309. The van der Waals surface area contributed by atoms with Gasteiger partial charge in [0.25, 0.3) is 0 Å². The van der Waals surface area contributed by atoms with Gasteiger partial charge < -0.3 is 15.0 Å². The lowest BCUT2D eigenvalue weighted by Crippen LogP contribution is -2.35. The van der Waals surface area contributed by atoms with Crippen molar-refractivity contribution >= 4 is 5.91 Å². The van der Waals surface area contributed by atoms with Gasteiger partial charge >= 0.3 is 0 Å². The third-order valence-electron chi connectivity index (χ3n) is 1.84. The maximum absolute atomic E-state index is 11.3. The largest absolute Gasteiger partial charge is 0.394 e. The Bertz CT molecular complexity index is 272. The van der Waals surface area contributed by atoms with E-state index in [-0.39, 0.29) is 18.6 Å². The first-order chi connectivity index (χ1) is 6.72. The first-order valence-corrected chi connectivity index (χ1v) is 4.58. The van der Waals surface area contributed by atoms with Crippen LogP contribution in [0.1, 0.15) is 13.3 Å². The maximum atomic E-state index is 11.3. The van der Waals surface area contributed by atoms with Gasteiger partial charge in [-0.1, -0.05) is 0 Å². The maximum Gasteiger partial charge on any atom is 0.222 e. The molecule has 0 saturated heterocycles. The molecule has 0 saturated carbocycles. The van der Waals surface area contributed by atoms with Crippen molar-refractivity contribution in [1.29, 1.82) is 0 Å². The average molecular weight is 197 g/mol. The number of carbonyl (C=O) groups is 1. The minimum atomic E-state index is -0.176. The standard InChI is InChI=1S/C9H15N3O2/c1-8(6-13)11-9(14)2-4-12-5-3-10-7-12/h3,5,7-8,13H,2,4,6H2,1H3,(H,11,14)/t8-/m0/s1. The van der Waals surface area contributed by atoms with Crippen LogP contribution in [0.15, 0.2) is 18.7 Å². The highest BCUT2D eigenvalue weighted by molar-refractivity contribution is 5.76. The van der Waals surface area contributed by atoms with Crippen LogP contribution in [0.2, 0.25) is 0 Å². The monoisotopic (exact) mass is 197 g/mol. The van der Waals surface area contributed by atoms with Crippen LogP contribution in [0.25, 0.3) is 0 Å². The second kappa shape index (κ2) is 5.39. The Hall–Kier alpha value is -1.36. The van der Waals surface area contributed by atoms with Gasteiger partial charge in [0.1, 0.15) is 0 Å². The zero-order valence-electron chi connectivity index (χ0n) is 8.18. The fourth-order valence-electron chi connectivity index (χ4n) is 1.04. The molecule has 0 aliphatic heterocycles. The van der Waals surface area contributed by atoms with E-state index < -0.39 is 0 Å². The predicted octanol–water partition coefficient (Wildman–Crippen LogP) is -0.230. The Morgan fingerprint density at radius 1 is 1.71 bits per heavy atom. The summed E-state index contributed by atoms with van der Waals surface area (Å²) in [4.78, 5) is 15.1. The van der Waals surface area contributed by atoms with E-state index >= 15 is 0 Å². The van der Waals surface area contributed by atoms with Crippen molar-refractivity contribution in [3.63, 3.8) is 0 Å². The SMILES string of the molecule is C[C@@H](CO)NC(=O)CCn1ccnc1. The van der Waals surface area contributed by atoms with Crippen LogP contribution in [0.4, 0.5) is 0 Å². The number of aryl methyl sites for hydroxylation is 1. The Morgan fingerprint density at radius 2 is 2.50 bits per heavy atom. The van der Waals surface area contributed by atoms with Crippen molar-refractivity contribution in [2.75, 3.05) is 6.61 Å². The second-order valence-corrected chi connectivity index (χ2v) is 3.20. The lowest BCUT2D eigenvalue weighted by molar-refractivity contribution is -0.122. The van der Waals surface area contributed by atoms with Gasteiger partial charge in [0.05, 0.1) is 12.9 Å². The van der Waals surface area contributed by atoms with Crippen LogP contribution in [0, 0.1) is 0 Å². The third kappa shape index (κ3) is 3.57. The number of rotatable bonds is 5. The molecule has 0 radical (unpaired) electrons. The summed E-state index contributed by atoms with van der Waals surface area (Å²) < 4.78 is 1.84. The summed E-state index contributed by atoms with van der Waals surface area (Å²) in [7, 11) is 0. The fraction of sp³-hybridized carbons (Fsp3) is 0.556. The van der Waals surface area contributed by atoms with E-state index in [0.717, 1.165) is 0 Å². The molecule has 0 fully saturated rings. The van der Waals surface area contributed by atoms with E-state index in [9.17, 15) is 4.79 Å². The smallest absolute Gasteiger partial charge is 0.222 e. The van der Waals surface area contributed by atoms with Crippen molar-refractivity contribution < 1.29 is 9.90 Å². The van der Waals surface area contributed by atoms with Crippen LogP contribution < -0.4 is 5.32 Å². The van der Waals surface area contributed by atoms with Gasteiger partial charge in [0.15, 0.2) is 0 Å². The molecule has 78 valence electrons. The summed E-state index contributed by atoms with van der Waals surface area (Å²) in [6.07, 6.45) is 5.56. The number of hydrogen-bond donors (Lipinski definition) is 2. The van der Waals surface area contributed by atoms with E-state index in [1.807, 2.05) is 10.8 Å². The van der Waals surface area contributed by atoms with Crippen LogP contribution in [-0.4, -0.2) is 33.2 Å². The summed E-state index contributed by atoms with van der Waals surface area (Å²) in [5.74, 6) is -0.0553. The van der Waals surface area contributed by atoms with Crippen LogP contribution in [-0.2, 0) is 11.3 Å².